The number of ether oxygens (including phenoxy) is 2. The summed E-state index contributed by atoms with van der Waals surface area (Å²) in [6.45, 7) is 1.64. The van der Waals surface area contributed by atoms with Crippen molar-refractivity contribution in [3.8, 4) is 23.8 Å². The molecule has 0 unspecified atom stereocenters. The highest BCUT2D eigenvalue weighted by Gasteiger charge is 2.25. The summed E-state index contributed by atoms with van der Waals surface area (Å²) in [5.41, 5.74) is 3.94. The molecule has 38 heavy (non-hydrogen) atoms. The zero-order chi connectivity index (χ0) is 27.5. The maximum atomic E-state index is 13.1. The predicted molar refractivity (Wildman–Crippen MR) is 153 cm³/mol. The van der Waals surface area contributed by atoms with Gasteiger partial charge in [-0.25, -0.2) is 5.43 Å². The first kappa shape index (κ1) is 29.1. The van der Waals surface area contributed by atoms with Crippen LogP contribution in [0.3, 0.4) is 0 Å². The minimum Gasteiger partial charge on any atom is -0.480 e. The zero-order valence-electron chi connectivity index (χ0n) is 20.3. The van der Waals surface area contributed by atoms with Gasteiger partial charge in [0.25, 0.3) is 11.8 Å². The molecule has 2 N–H and O–H groups in total. The van der Waals surface area contributed by atoms with E-state index in [0.717, 1.165) is 10.0 Å². The summed E-state index contributed by atoms with van der Waals surface area (Å²) in [6.07, 6.45) is 6.00. The normalized spacial score (nSPS) is 12.3. The first-order valence-electron chi connectivity index (χ1n) is 11.4. The lowest BCUT2D eigenvalue weighted by Crippen LogP contribution is -2.50. The summed E-state index contributed by atoms with van der Waals surface area (Å²) in [6, 6.07) is 18.3. The van der Waals surface area contributed by atoms with E-state index in [2.05, 4.69) is 37.7 Å². The number of rotatable bonds is 11. The van der Waals surface area contributed by atoms with Crippen molar-refractivity contribution in [2.24, 2.45) is 5.10 Å². The number of hydrogen-bond donors (Lipinski definition) is 2. The molecule has 0 heterocycles. The van der Waals surface area contributed by atoms with Crippen LogP contribution in [0.5, 0.6) is 11.5 Å². The standard InChI is InChI=1S/C28H24BrCl2N3O4/c1-3-13-37-25-11-9-21(29)15-20(25)17-32-34-28(36)24(14-19-7-5-4-6-8-19)33-27(35)18(2)38-26-12-10-22(30)16-23(26)31/h1,4-12,15-18,24H,13-14H2,2H3,(H,33,35)(H,34,36)/b32-17-/t18-,24-/m0/s1. The molecule has 0 aliphatic rings. The fourth-order valence-corrected chi connectivity index (χ4v) is 4.11. The Kier molecular flexibility index (Phi) is 11.0. The monoisotopic (exact) mass is 615 g/mol. The summed E-state index contributed by atoms with van der Waals surface area (Å²) in [5.74, 6) is 2.18. The average Bonchev–Trinajstić information content (AvgIpc) is 2.89. The van der Waals surface area contributed by atoms with Gasteiger partial charge in [-0.15, -0.1) is 6.42 Å². The second kappa shape index (κ2) is 14.4. The van der Waals surface area contributed by atoms with Gasteiger partial charge in [0.15, 0.2) is 6.10 Å². The highest BCUT2D eigenvalue weighted by atomic mass is 79.9. The van der Waals surface area contributed by atoms with Crippen LogP contribution < -0.4 is 20.2 Å². The largest absolute Gasteiger partial charge is 0.480 e. The molecule has 0 fully saturated rings. The van der Waals surface area contributed by atoms with E-state index in [4.69, 9.17) is 39.1 Å². The number of nitrogens with zero attached hydrogens (tertiary/aromatic N) is 1. The van der Waals surface area contributed by atoms with Gasteiger partial charge in [0.2, 0.25) is 0 Å². The number of halogens is 3. The van der Waals surface area contributed by atoms with E-state index in [1.165, 1.54) is 12.3 Å². The van der Waals surface area contributed by atoms with Gasteiger partial charge in [-0.3, -0.25) is 9.59 Å². The molecule has 3 rings (SSSR count). The van der Waals surface area contributed by atoms with Crippen molar-refractivity contribution in [2.45, 2.75) is 25.5 Å². The first-order chi connectivity index (χ1) is 18.3. The number of hydrazone groups is 1. The minimum absolute atomic E-state index is 0.0848. The minimum atomic E-state index is -0.944. The topological polar surface area (TPSA) is 89.0 Å². The number of nitrogens with one attached hydrogen (secondary N) is 2. The van der Waals surface area contributed by atoms with Gasteiger partial charge in [-0.1, -0.05) is 75.4 Å². The van der Waals surface area contributed by atoms with Crippen LogP contribution in [-0.2, 0) is 16.0 Å². The van der Waals surface area contributed by atoms with Crippen LogP contribution in [0.15, 0.2) is 76.3 Å². The van der Waals surface area contributed by atoms with E-state index in [0.29, 0.717) is 22.1 Å². The fourth-order valence-electron chi connectivity index (χ4n) is 3.28. The lowest BCUT2D eigenvalue weighted by atomic mass is 10.1. The second-order valence-corrected chi connectivity index (χ2v) is 9.75. The van der Waals surface area contributed by atoms with Crippen LogP contribution >= 0.6 is 39.1 Å². The molecule has 0 aromatic heterocycles. The van der Waals surface area contributed by atoms with Gasteiger partial charge < -0.3 is 14.8 Å². The Labute approximate surface area is 239 Å². The molecule has 0 spiro atoms. The second-order valence-electron chi connectivity index (χ2n) is 7.99. The smallest absolute Gasteiger partial charge is 0.262 e. The Morgan fingerprint density at radius 1 is 1.08 bits per heavy atom. The van der Waals surface area contributed by atoms with E-state index < -0.39 is 24.0 Å². The average molecular weight is 617 g/mol. The highest BCUT2D eigenvalue weighted by molar-refractivity contribution is 9.10. The molecule has 0 aliphatic heterocycles. The van der Waals surface area contributed by atoms with Crippen molar-refractivity contribution in [3.05, 3.63) is 92.4 Å². The molecule has 0 bridgehead atoms. The molecule has 0 saturated heterocycles. The van der Waals surface area contributed by atoms with Gasteiger partial charge >= 0.3 is 0 Å². The fraction of sp³-hybridized carbons (Fsp3) is 0.179. The van der Waals surface area contributed by atoms with E-state index >= 15 is 0 Å². The number of carbonyl (C=O) groups excluding carboxylic acids is 2. The molecule has 0 saturated carbocycles. The van der Waals surface area contributed by atoms with Gasteiger partial charge in [0, 0.05) is 21.5 Å². The molecular formula is C28H24BrCl2N3O4. The van der Waals surface area contributed by atoms with E-state index in [1.54, 1.807) is 37.3 Å². The van der Waals surface area contributed by atoms with Crippen LogP contribution in [0.25, 0.3) is 0 Å². The number of hydrogen-bond acceptors (Lipinski definition) is 5. The molecule has 2 atom stereocenters. The molecule has 3 aromatic carbocycles. The van der Waals surface area contributed by atoms with Gasteiger partial charge in [0.05, 0.1) is 11.2 Å². The Bertz CT molecular complexity index is 1350. The van der Waals surface area contributed by atoms with Crippen molar-refractivity contribution in [2.75, 3.05) is 6.61 Å². The van der Waals surface area contributed by atoms with Crippen molar-refractivity contribution in [1.82, 2.24) is 10.7 Å². The highest BCUT2D eigenvalue weighted by Crippen LogP contribution is 2.28. The van der Waals surface area contributed by atoms with Crippen LogP contribution in [0, 0.1) is 12.3 Å². The lowest BCUT2D eigenvalue weighted by Gasteiger charge is -2.21. The van der Waals surface area contributed by atoms with Crippen molar-refractivity contribution in [1.29, 1.82) is 0 Å². The number of benzene rings is 3. The maximum Gasteiger partial charge on any atom is 0.262 e. The van der Waals surface area contributed by atoms with Crippen LogP contribution in [0.4, 0.5) is 0 Å². The Balaban J connectivity index is 1.72. The molecule has 196 valence electrons. The molecule has 10 heteroatoms. The number of terminal acetylenes is 1. The SMILES string of the molecule is C#CCOc1ccc(Br)cc1/C=N\NC(=O)[C@H](Cc1ccccc1)NC(=O)[C@H](C)Oc1ccc(Cl)cc1Cl. The summed E-state index contributed by atoms with van der Waals surface area (Å²) < 4.78 is 12.0. The van der Waals surface area contributed by atoms with Crippen LogP contribution in [0.2, 0.25) is 10.0 Å². The van der Waals surface area contributed by atoms with Crippen molar-refractivity contribution >= 4 is 57.2 Å². The van der Waals surface area contributed by atoms with Crippen LogP contribution in [-0.4, -0.2) is 36.8 Å². The maximum absolute atomic E-state index is 13.1. The predicted octanol–water partition coefficient (Wildman–Crippen LogP) is 5.41. The summed E-state index contributed by atoms with van der Waals surface area (Å²) in [4.78, 5) is 26.0. The van der Waals surface area contributed by atoms with E-state index in [9.17, 15) is 9.59 Å². The third kappa shape index (κ3) is 8.80. The number of amides is 2. The van der Waals surface area contributed by atoms with E-state index in [1.807, 2.05) is 30.3 Å². The van der Waals surface area contributed by atoms with Gasteiger partial charge in [-0.05, 0) is 48.9 Å². The summed E-state index contributed by atoms with van der Waals surface area (Å²) in [5, 5.41) is 7.51. The molecule has 0 aliphatic carbocycles. The van der Waals surface area contributed by atoms with Crippen molar-refractivity contribution in [3.63, 3.8) is 0 Å². The first-order valence-corrected chi connectivity index (χ1v) is 13.0. The molecule has 7 nitrogen and oxygen atoms in total. The Morgan fingerprint density at radius 3 is 2.53 bits per heavy atom. The summed E-state index contributed by atoms with van der Waals surface area (Å²) >= 11 is 15.5. The Hall–Kier alpha value is -3.51. The van der Waals surface area contributed by atoms with Crippen LogP contribution in [0.1, 0.15) is 18.1 Å². The molecule has 2 amide bonds. The Morgan fingerprint density at radius 2 is 1.82 bits per heavy atom. The van der Waals surface area contributed by atoms with E-state index in [-0.39, 0.29) is 18.1 Å². The lowest BCUT2D eigenvalue weighted by molar-refractivity contribution is -0.132. The number of carbonyl (C=O) groups is 2. The van der Waals surface area contributed by atoms with Gasteiger partial charge in [-0.2, -0.15) is 5.10 Å². The summed E-state index contributed by atoms with van der Waals surface area (Å²) in [7, 11) is 0. The molecule has 3 aromatic rings. The quantitative estimate of drug-likeness (QED) is 0.171. The van der Waals surface area contributed by atoms with Crippen molar-refractivity contribution < 1.29 is 19.1 Å². The third-order valence-corrected chi connectivity index (χ3v) is 6.17. The third-order valence-electron chi connectivity index (χ3n) is 5.14. The van der Waals surface area contributed by atoms with Gasteiger partial charge in [0.1, 0.15) is 24.1 Å². The molecule has 0 radical (unpaired) electrons. The molecular weight excluding hydrogens is 593 g/mol. The zero-order valence-corrected chi connectivity index (χ0v) is 23.4.